The fraction of sp³-hybridized carbons (Fsp3) is 0.538. The van der Waals surface area contributed by atoms with E-state index in [4.69, 9.17) is 5.11 Å². The lowest BCUT2D eigenvalue weighted by molar-refractivity contribution is 0.276. The molecule has 0 spiro atoms. The van der Waals surface area contributed by atoms with Crippen LogP contribution < -0.4 is 5.32 Å². The molecule has 0 aromatic heterocycles. The van der Waals surface area contributed by atoms with Gasteiger partial charge in [0.25, 0.3) is 0 Å². The molecule has 3 nitrogen and oxygen atoms in total. The van der Waals surface area contributed by atoms with Crippen molar-refractivity contribution in [2.24, 2.45) is 0 Å². The van der Waals surface area contributed by atoms with Gasteiger partial charge in [-0.15, -0.1) is 0 Å². The van der Waals surface area contributed by atoms with E-state index in [2.05, 4.69) is 12.2 Å². The molecule has 0 aliphatic carbocycles. The molecule has 1 aromatic rings. The van der Waals surface area contributed by atoms with Gasteiger partial charge in [0, 0.05) is 41.1 Å². The molecule has 0 saturated carbocycles. The number of rotatable bonds is 7. The Morgan fingerprint density at radius 3 is 2.53 bits per heavy atom. The first kappa shape index (κ1) is 14.4. The van der Waals surface area contributed by atoms with E-state index in [1.807, 2.05) is 24.3 Å². The second kappa shape index (κ2) is 7.58. The maximum absolute atomic E-state index is 11.2. The highest BCUT2D eigenvalue weighted by Gasteiger charge is 2.02. The Morgan fingerprint density at radius 1 is 1.35 bits per heavy atom. The molecular weight excluding hydrogens is 234 g/mol. The maximum atomic E-state index is 11.2. The Kier molecular flexibility index (Phi) is 6.40. The summed E-state index contributed by atoms with van der Waals surface area (Å²) in [6, 6.07) is 8.23. The Bertz CT molecular complexity index is 351. The minimum atomic E-state index is -0.902. The van der Waals surface area contributed by atoms with E-state index >= 15 is 0 Å². The van der Waals surface area contributed by atoms with Gasteiger partial charge in [0.15, 0.2) is 0 Å². The lowest BCUT2D eigenvalue weighted by Gasteiger charge is -2.13. The quantitative estimate of drug-likeness (QED) is 0.779. The number of aliphatic hydroxyl groups is 1. The molecule has 4 heteroatoms. The SMILES string of the molecule is CC(CCCO)NCc1ccc(S(C)=O)cc1. The molecule has 96 valence electrons. The maximum Gasteiger partial charge on any atom is 0.0498 e. The van der Waals surface area contributed by atoms with E-state index in [1.165, 1.54) is 5.56 Å². The van der Waals surface area contributed by atoms with Crippen molar-refractivity contribution in [3.05, 3.63) is 29.8 Å². The summed E-state index contributed by atoms with van der Waals surface area (Å²) in [7, 11) is -0.902. The average molecular weight is 255 g/mol. The molecule has 0 amide bonds. The van der Waals surface area contributed by atoms with Gasteiger partial charge < -0.3 is 10.4 Å². The largest absolute Gasteiger partial charge is 0.396 e. The van der Waals surface area contributed by atoms with Gasteiger partial charge in [0.1, 0.15) is 0 Å². The monoisotopic (exact) mass is 255 g/mol. The van der Waals surface area contributed by atoms with Gasteiger partial charge in [-0.05, 0) is 37.5 Å². The average Bonchev–Trinajstić information content (AvgIpc) is 2.34. The highest BCUT2D eigenvalue weighted by Crippen LogP contribution is 2.08. The molecule has 1 aromatic carbocycles. The normalized spacial score (nSPS) is 14.5. The van der Waals surface area contributed by atoms with Crippen LogP contribution in [0.15, 0.2) is 29.2 Å². The molecule has 2 atom stereocenters. The summed E-state index contributed by atoms with van der Waals surface area (Å²) in [5.74, 6) is 0. The van der Waals surface area contributed by atoms with Crippen molar-refractivity contribution in [1.82, 2.24) is 5.32 Å². The summed E-state index contributed by atoms with van der Waals surface area (Å²) in [5, 5.41) is 12.1. The van der Waals surface area contributed by atoms with Crippen LogP contribution in [0, 0.1) is 0 Å². The van der Waals surface area contributed by atoms with E-state index in [0.717, 1.165) is 24.3 Å². The molecular formula is C13H21NO2S. The van der Waals surface area contributed by atoms with Crippen LogP contribution in [-0.2, 0) is 17.3 Å². The van der Waals surface area contributed by atoms with Crippen molar-refractivity contribution in [3.63, 3.8) is 0 Å². The molecule has 1 rings (SSSR count). The third-order valence-corrected chi connectivity index (χ3v) is 3.64. The van der Waals surface area contributed by atoms with Crippen LogP contribution in [0.25, 0.3) is 0 Å². The van der Waals surface area contributed by atoms with Crippen LogP contribution in [0.1, 0.15) is 25.3 Å². The lowest BCUT2D eigenvalue weighted by Crippen LogP contribution is -2.25. The van der Waals surface area contributed by atoms with Gasteiger partial charge >= 0.3 is 0 Å². The third kappa shape index (κ3) is 5.44. The summed E-state index contributed by atoms with van der Waals surface area (Å²) < 4.78 is 11.2. The first-order valence-electron chi connectivity index (χ1n) is 5.90. The van der Waals surface area contributed by atoms with Crippen molar-refractivity contribution in [3.8, 4) is 0 Å². The molecule has 0 heterocycles. The van der Waals surface area contributed by atoms with Crippen LogP contribution in [0.2, 0.25) is 0 Å². The second-order valence-electron chi connectivity index (χ2n) is 4.25. The van der Waals surface area contributed by atoms with Gasteiger partial charge in [-0.25, -0.2) is 0 Å². The molecule has 0 saturated heterocycles. The van der Waals surface area contributed by atoms with E-state index in [1.54, 1.807) is 6.26 Å². The fourth-order valence-electron chi connectivity index (χ4n) is 1.59. The van der Waals surface area contributed by atoms with E-state index < -0.39 is 10.8 Å². The van der Waals surface area contributed by atoms with Crippen LogP contribution in [0.3, 0.4) is 0 Å². The van der Waals surface area contributed by atoms with Gasteiger partial charge in [-0.3, -0.25) is 4.21 Å². The fourth-order valence-corrected chi connectivity index (χ4v) is 2.11. The number of hydrogen-bond acceptors (Lipinski definition) is 3. The Labute approximate surface area is 106 Å². The molecule has 17 heavy (non-hydrogen) atoms. The molecule has 0 radical (unpaired) electrons. The van der Waals surface area contributed by atoms with E-state index in [-0.39, 0.29) is 6.61 Å². The van der Waals surface area contributed by atoms with Crippen molar-refractivity contribution < 1.29 is 9.32 Å². The molecule has 0 aliphatic rings. The Hall–Kier alpha value is -0.710. The standard InChI is InChI=1S/C13H21NO2S/c1-11(4-3-9-15)14-10-12-5-7-13(8-6-12)17(2)16/h5-8,11,14-15H,3-4,9-10H2,1-2H3. The number of benzene rings is 1. The number of nitrogens with one attached hydrogen (secondary N) is 1. The zero-order valence-electron chi connectivity index (χ0n) is 10.5. The van der Waals surface area contributed by atoms with Crippen molar-refractivity contribution in [2.45, 2.75) is 37.2 Å². The molecule has 0 fully saturated rings. The van der Waals surface area contributed by atoms with E-state index in [0.29, 0.717) is 6.04 Å². The topological polar surface area (TPSA) is 49.3 Å². The molecule has 0 bridgehead atoms. The van der Waals surface area contributed by atoms with Crippen LogP contribution in [0.5, 0.6) is 0 Å². The van der Waals surface area contributed by atoms with Crippen molar-refractivity contribution >= 4 is 10.8 Å². The first-order chi connectivity index (χ1) is 8.13. The second-order valence-corrected chi connectivity index (χ2v) is 5.63. The van der Waals surface area contributed by atoms with Crippen LogP contribution in [-0.4, -0.2) is 28.2 Å². The van der Waals surface area contributed by atoms with Crippen LogP contribution in [0.4, 0.5) is 0 Å². The Balaban J connectivity index is 2.39. The summed E-state index contributed by atoms with van der Waals surface area (Å²) in [5.41, 5.74) is 1.19. The summed E-state index contributed by atoms with van der Waals surface area (Å²) in [4.78, 5) is 0.863. The summed E-state index contributed by atoms with van der Waals surface area (Å²) in [6.07, 6.45) is 3.50. The predicted octanol–water partition coefficient (Wildman–Crippen LogP) is 1.67. The summed E-state index contributed by atoms with van der Waals surface area (Å²) >= 11 is 0. The first-order valence-corrected chi connectivity index (χ1v) is 7.46. The zero-order valence-corrected chi connectivity index (χ0v) is 11.3. The van der Waals surface area contributed by atoms with Gasteiger partial charge in [-0.1, -0.05) is 12.1 Å². The smallest absolute Gasteiger partial charge is 0.0498 e. The number of aliphatic hydroxyl groups excluding tert-OH is 1. The van der Waals surface area contributed by atoms with Crippen LogP contribution >= 0.6 is 0 Å². The minimum absolute atomic E-state index is 0.253. The van der Waals surface area contributed by atoms with Gasteiger partial charge in [0.2, 0.25) is 0 Å². The van der Waals surface area contributed by atoms with E-state index in [9.17, 15) is 4.21 Å². The van der Waals surface area contributed by atoms with Crippen molar-refractivity contribution in [2.75, 3.05) is 12.9 Å². The molecule has 2 N–H and O–H groups in total. The molecule has 2 unspecified atom stereocenters. The molecule has 0 aliphatic heterocycles. The number of hydrogen-bond donors (Lipinski definition) is 2. The lowest BCUT2D eigenvalue weighted by atomic mass is 10.1. The minimum Gasteiger partial charge on any atom is -0.396 e. The highest BCUT2D eigenvalue weighted by atomic mass is 32.2. The third-order valence-electron chi connectivity index (χ3n) is 2.71. The van der Waals surface area contributed by atoms with Gasteiger partial charge in [-0.2, -0.15) is 0 Å². The Morgan fingerprint density at radius 2 is 2.00 bits per heavy atom. The highest BCUT2D eigenvalue weighted by molar-refractivity contribution is 7.84. The summed E-state index contributed by atoms with van der Waals surface area (Å²) in [6.45, 7) is 3.18. The van der Waals surface area contributed by atoms with Gasteiger partial charge in [0.05, 0.1) is 0 Å². The predicted molar refractivity (Wildman–Crippen MR) is 71.4 cm³/mol. The zero-order chi connectivity index (χ0) is 12.7. The van der Waals surface area contributed by atoms with Crippen molar-refractivity contribution in [1.29, 1.82) is 0 Å².